The molecule has 0 bridgehead atoms. The van der Waals surface area contributed by atoms with Gasteiger partial charge in [-0.15, -0.1) is 0 Å². The Kier molecular flexibility index (Phi) is 7.72. The van der Waals surface area contributed by atoms with E-state index in [4.69, 9.17) is 4.98 Å². The minimum Gasteiger partial charge on any atom is -0.370 e. The van der Waals surface area contributed by atoms with E-state index in [9.17, 15) is 4.79 Å². The Labute approximate surface area is 180 Å². The van der Waals surface area contributed by atoms with Crippen LogP contribution in [-0.2, 0) is 6.54 Å². The van der Waals surface area contributed by atoms with Crippen LogP contribution >= 0.6 is 0 Å². The van der Waals surface area contributed by atoms with Crippen LogP contribution in [0.4, 0.5) is 11.6 Å². The fourth-order valence-corrected chi connectivity index (χ4v) is 4.07. The molecule has 7 heteroatoms. The standard InChI is InChI=1S/C23H38N6O/c1-18-16-21(28-11-8-6-7-9-12-28)25-23-22(18)19(30)17-20(24-10-13-26(2)3)29(23)15-14-27(4)5/h16-17,24H,6-15H2,1-5H3. The van der Waals surface area contributed by atoms with Crippen LogP contribution in [0, 0.1) is 6.92 Å². The molecule has 0 amide bonds. The largest absolute Gasteiger partial charge is 0.370 e. The number of aromatic nitrogens is 2. The second kappa shape index (κ2) is 10.3. The summed E-state index contributed by atoms with van der Waals surface area (Å²) in [5.74, 6) is 1.86. The fraction of sp³-hybridized carbons (Fsp3) is 0.652. The number of anilines is 2. The van der Waals surface area contributed by atoms with Crippen molar-refractivity contribution in [1.29, 1.82) is 0 Å². The third-order valence-electron chi connectivity index (χ3n) is 5.81. The highest BCUT2D eigenvalue weighted by Crippen LogP contribution is 2.25. The minimum atomic E-state index is 0.0471. The van der Waals surface area contributed by atoms with E-state index in [0.29, 0.717) is 0 Å². The van der Waals surface area contributed by atoms with E-state index >= 15 is 0 Å². The predicted octanol–water partition coefficient (Wildman–Crippen LogP) is 2.62. The lowest BCUT2D eigenvalue weighted by molar-refractivity contribution is 0.386. The van der Waals surface area contributed by atoms with Crippen LogP contribution in [0.5, 0.6) is 0 Å². The van der Waals surface area contributed by atoms with Crippen molar-refractivity contribution in [2.24, 2.45) is 0 Å². The zero-order chi connectivity index (χ0) is 21.7. The Hall–Kier alpha value is -2.12. The zero-order valence-corrected chi connectivity index (χ0v) is 19.4. The first-order valence-electron chi connectivity index (χ1n) is 11.2. The van der Waals surface area contributed by atoms with E-state index < -0.39 is 0 Å². The molecule has 166 valence electrons. The Morgan fingerprint density at radius 1 is 1.00 bits per heavy atom. The normalized spacial score (nSPS) is 15.2. The second-order valence-electron chi connectivity index (χ2n) is 8.98. The molecule has 0 aromatic carbocycles. The maximum Gasteiger partial charge on any atom is 0.193 e. The summed E-state index contributed by atoms with van der Waals surface area (Å²) in [7, 11) is 8.26. The molecule has 1 saturated heterocycles. The third kappa shape index (κ3) is 5.52. The minimum absolute atomic E-state index is 0.0471. The van der Waals surface area contributed by atoms with Crippen molar-refractivity contribution in [2.75, 3.05) is 71.1 Å². The molecule has 0 saturated carbocycles. The lowest BCUT2D eigenvalue weighted by Gasteiger charge is -2.25. The molecule has 1 fully saturated rings. The van der Waals surface area contributed by atoms with Crippen molar-refractivity contribution in [3.63, 3.8) is 0 Å². The summed E-state index contributed by atoms with van der Waals surface area (Å²) in [6, 6.07) is 3.85. The van der Waals surface area contributed by atoms with Gasteiger partial charge in [-0.25, -0.2) is 4.98 Å². The Morgan fingerprint density at radius 2 is 1.67 bits per heavy atom. The number of nitrogens with zero attached hydrogens (tertiary/aromatic N) is 5. The van der Waals surface area contributed by atoms with E-state index in [2.05, 4.69) is 58.8 Å². The molecule has 30 heavy (non-hydrogen) atoms. The molecule has 1 N–H and O–H groups in total. The quantitative estimate of drug-likeness (QED) is 0.717. The average molecular weight is 415 g/mol. The molecular weight excluding hydrogens is 376 g/mol. The van der Waals surface area contributed by atoms with Gasteiger partial charge in [0.2, 0.25) is 0 Å². The molecule has 7 nitrogen and oxygen atoms in total. The van der Waals surface area contributed by atoms with Gasteiger partial charge in [-0.1, -0.05) is 12.8 Å². The van der Waals surface area contributed by atoms with Crippen LogP contribution in [0.15, 0.2) is 16.9 Å². The van der Waals surface area contributed by atoms with Gasteiger partial charge in [0.25, 0.3) is 0 Å². The highest BCUT2D eigenvalue weighted by Gasteiger charge is 2.17. The van der Waals surface area contributed by atoms with Crippen LogP contribution in [0.3, 0.4) is 0 Å². The number of aryl methyl sites for hydroxylation is 1. The Balaban J connectivity index is 2.08. The molecule has 1 aliphatic heterocycles. The number of likely N-dealkylation sites (N-methyl/N-ethyl adjacent to an activating group) is 2. The summed E-state index contributed by atoms with van der Waals surface area (Å²) in [4.78, 5) is 24.8. The Bertz CT molecular complexity index is 897. The van der Waals surface area contributed by atoms with Crippen LogP contribution in [0.2, 0.25) is 0 Å². The molecule has 2 aromatic heterocycles. The zero-order valence-electron chi connectivity index (χ0n) is 19.4. The fourth-order valence-electron chi connectivity index (χ4n) is 4.07. The molecule has 0 spiro atoms. The lowest BCUT2D eigenvalue weighted by Crippen LogP contribution is -2.28. The number of fused-ring (bicyclic) bond motifs is 1. The molecule has 0 aliphatic carbocycles. The number of hydrogen-bond acceptors (Lipinski definition) is 6. The molecule has 3 rings (SSSR count). The number of pyridine rings is 2. The van der Waals surface area contributed by atoms with E-state index in [1.165, 1.54) is 25.7 Å². The Morgan fingerprint density at radius 3 is 2.30 bits per heavy atom. The smallest absolute Gasteiger partial charge is 0.193 e. The van der Waals surface area contributed by atoms with E-state index in [0.717, 1.165) is 67.5 Å². The lowest BCUT2D eigenvalue weighted by atomic mass is 10.1. The van der Waals surface area contributed by atoms with Gasteiger partial charge >= 0.3 is 0 Å². The predicted molar refractivity (Wildman–Crippen MR) is 127 cm³/mol. The van der Waals surface area contributed by atoms with Crippen molar-refractivity contribution in [3.8, 4) is 0 Å². The van der Waals surface area contributed by atoms with E-state index in [1.54, 1.807) is 6.07 Å². The van der Waals surface area contributed by atoms with Gasteiger partial charge in [-0.05, 0) is 59.6 Å². The van der Waals surface area contributed by atoms with Crippen molar-refractivity contribution < 1.29 is 0 Å². The molecule has 1 aliphatic rings. The van der Waals surface area contributed by atoms with Crippen molar-refractivity contribution in [3.05, 3.63) is 27.9 Å². The third-order valence-corrected chi connectivity index (χ3v) is 5.81. The molecular formula is C23H38N6O. The number of hydrogen-bond donors (Lipinski definition) is 1. The van der Waals surface area contributed by atoms with Crippen molar-refractivity contribution in [2.45, 2.75) is 39.2 Å². The van der Waals surface area contributed by atoms with Crippen LogP contribution in [0.25, 0.3) is 11.0 Å². The number of nitrogens with one attached hydrogen (secondary N) is 1. The highest BCUT2D eigenvalue weighted by atomic mass is 16.1. The van der Waals surface area contributed by atoms with Gasteiger partial charge < -0.3 is 24.6 Å². The highest BCUT2D eigenvalue weighted by molar-refractivity contribution is 5.83. The topological polar surface area (TPSA) is 56.6 Å². The monoisotopic (exact) mass is 414 g/mol. The first-order chi connectivity index (χ1) is 14.4. The van der Waals surface area contributed by atoms with Gasteiger partial charge in [-0.2, -0.15) is 0 Å². The molecule has 0 radical (unpaired) electrons. The maximum atomic E-state index is 13.0. The van der Waals surface area contributed by atoms with E-state index in [-0.39, 0.29) is 5.43 Å². The van der Waals surface area contributed by atoms with Crippen molar-refractivity contribution >= 4 is 22.7 Å². The molecule has 3 heterocycles. The summed E-state index contributed by atoms with van der Waals surface area (Å²) in [6.45, 7) is 7.48. The first kappa shape index (κ1) is 22.6. The van der Waals surface area contributed by atoms with Crippen LogP contribution < -0.4 is 15.6 Å². The molecule has 0 atom stereocenters. The first-order valence-corrected chi connectivity index (χ1v) is 11.2. The second-order valence-corrected chi connectivity index (χ2v) is 8.98. The summed E-state index contributed by atoms with van der Waals surface area (Å²) in [6.07, 6.45) is 4.99. The maximum absolute atomic E-state index is 13.0. The van der Waals surface area contributed by atoms with Gasteiger partial charge in [0.05, 0.1) is 5.39 Å². The summed E-state index contributed by atoms with van der Waals surface area (Å²) < 4.78 is 2.20. The van der Waals surface area contributed by atoms with Crippen LogP contribution in [-0.4, -0.2) is 80.3 Å². The van der Waals surface area contributed by atoms with Gasteiger partial charge in [0.1, 0.15) is 17.3 Å². The van der Waals surface area contributed by atoms with Crippen molar-refractivity contribution in [1.82, 2.24) is 19.4 Å². The average Bonchev–Trinajstić information content (AvgIpc) is 2.96. The summed E-state index contributed by atoms with van der Waals surface area (Å²) in [5.41, 5.74) is 1.87. The molecule has 0 unspecified atom stereocenters. The van der Waals surface area contributed by atoms with Gasteiger partial charge in [-0.3, -0.25) is 4.79 Å². The SMILES string of the molecule is Cc1cc(N2CCCCCC2)nc2c1c(=O)cc(NCCN(C)C)n2CCN(C)C. The van der Waals surface area contributed by atoms with Gasteiger partial charge in [0, 0.05) is 45.3 Å². The molecule has 2 aromatic rings. The summed E-state index contributed by atoms with van der Waals surface area (Å²) in [5, 5.41) is 4.22. The number of rotatable bonds is 8. The van der Waals surface area contributed by atoms with Crippen LogP contribution in [0.1, 0.15) is 31.2 Å². The summed E-state index contributed by atoms with van der Waals surface area (Å²) >= 11 is 0. The van der Waals surface area contributed by atoms with E-state index in [1.807, 2.05) is 6.92 Å². The van der Waals surface area contributed by atoms with Gasteiger partial charge in [0.15, 0.2) is 5.43 Å².